The van der Waals surface area contributed by atoms with Crippen LogP contribution >= 0.6 is 0 Å². The molecule has 4 bridgehead atoms. The molecule has 3 heteroatoms. The third-order valence-corrected chi connectivity index (χ3v) is 7.71. The lowest BCUT2D eigenvalue weighted by molar-refractivity contribution is -0.927. The van der Waals surface area contributed by atoms with Crippen molar-refractivity contribution in [1.29, 1.82) is 0 Å². The van der Waals surface area contributed by atoms with Gasteiger partial charge in [-0.1, -0.05) is 0 Å². The average Bonchev–Trinajstić information content (AvgIpc) is 2.57. The Morgan fingerprint density at radius 1 is 1.04 bits per heavy atom. The Balaban J connectivity index is 1.56. The first-order valence-corrected chi connectivity index (χ1v) is 9.61. The molecule has 4 aliphatic carbocycles. The van der Waals surface area contributed by atoms with Gasteiger partial charge in [0, 0.05) is 17.7 Å². The summed E-state index contributed by atoms with van der Waals surface area (Å²) in [7, 11) is 2.33. The number of likely N-dealkylation sites (N-methyl/N-ethyl adjacent to an activating group) is 1. The van der Waals surface area contributed by atoms with E-state index in [0.29, 0.717) is 10.6 Å². The Hall–Kier alpha value is -0.380. The molecule has 4 saturated carbocycles. The lowest BCUT2D eigenvalue weighted by Gasteiger charge is -2.60. The topological polar surface area (TPSA) is 30.7 Å². The number of hydrogen-bond acceptors (Lipinski definition) is 2. The molecule has 23 heavy (non-hydrogen) atoms. The van der Waals surface area contributed by atoms with Crippen molar-refractivity contribution in [3.8, 4) is 0 Å². The standard InChI is InChI=1S/C20H34N2O/c1-18(2)12-17(19(3,4)22(18)23)13-21(5)20-9-14-6-15(10-20)8-16(7-14)11-20/h12,14-16,22H,6-11,13H2,1-5H3. The third kappa shape index (κ3) is 2.34. The molecule has 0 amide bonds. The molecule has 0 aromatic heterocycles. The monoisotopic (exact) mass is 318 g/mol. The molecule has 5 aliphatic rings. The van der Waals surface area contributed by atoms with Crippen molar-refractivity contribution in [2.45, 2.75) is 82.8 Å². The fourth-order valence-corrected chi connectivity index (χ4v) is 6.83. The lowest BCUT2D eigenvalue weighted by atomic mass is 9.52. The molecule has 1 aliphatic heterocycles. The number of hydrogen-bond donors (Lipinski definition) is 1. The van der Waals surface area contributed by atoms with Crippen LogP contribution in [0.25, 0.3) is 0 Å². The quantitative estimate of drug-likeness (QED) is 0.641. The Kier molecular flexibility index (Phi) is 3.38. The zero-order valence-electron chi connectivity index (χ0n) is 15.6. The maximum absolute atomic E-state index is 12.7. The molecule has 0 radical (unpaired) electrons. The van der Waals surface area contributed by atoms with Crippen LogP contribution in [0.5, 0.6) is 0 Å². The van der Waals surface area contributed by atoms with Crippen molar-refractivity contribution in [1.82, 2.24) is 4.90 Å². The molecule has 1 heterocycles. The van der Waals surface area contributed by atoms with Gasteiger partial charge in [-0.25, -0.2) is 0 Å². The largest absolute Gasteiger partial charge is 0.633 e. The number of nitrogens with zero attached hydrogens (tertiary/aromatic N) is 1. The number of nitrogens with one attached hydrogen (secondary N) is 1. The van der Waals surface area contributed by atoms with E-state index in [9.17, 15) is 5.21 Å². The van der Waals surface area contributed by atoms with Crippen molar-refractivity contribution >= 4 is 0 Å². The summed E-state index contributed by atoms with van der Waals surface area (Å²) in [4.78, 5) is 2.65. The first-order valence-electron chi connectivity index (χ1n) is 9.61. The Morgan fingerprint density at radius 3 is 1.91 bits per heavy atom. The highest BCUT2D eigenvalue weighted by atomic mass is 16.5. The van der Waals surface area contributed by atoms with Crippen LogP contribution in [0.3, 0.4) is 0 Å². The number of hydroxylamine groups is 2. The molecular weight excluding hydrogens is 284 g/mol. The van der Waals surface area contributed by atoms with Crippen molar-refractivity contribution < 1.29 is 5.06 Å². The van der Waals surface area contributed by atoms with Crippen molar-refractivity contribution in [2.75, 3.05) is 13.6 Å². The Bertz CT molecular complexity index is 498. The summed E-state index contributed by atoms with van der Waals surface area (Å²) >= 11 is 0. The van der Waals surface area contributed by atoms with E-state index in [1.54, 1.807) is 0 Å². The first kappa shape index (κ1) is 16.1. The highest BCUT2D eigenvalue weighted by Crippen LogP contribution is 2.57. The van der Waals surface area contributed by atoms with Gasteiger partial charge in [-0.2, -0.15) is 0 Å². The van der Waals surface area contributed by atoms with Crippen LogP contribution < -0.4 is 5.06 Å². The predicted molar refractivity (Wildman–Crippen MR) is 94.1 cm³/mol. The highest BCUT2D eigenvalue weighted by molar-refractivity contribution is 5.25. The average molecular weight is 319 g/mol. The Morgan fingerprint density at radius 2 is 1.52 bits per heavy atom. The van der Waals surface area contributed by atoms with E-state index >= 15 is 0 Å². The summed E-state index contributed by atoms with van der Waals surface area (Å²) in [6, 6.07) is 0. The summed E-state index contributed by atoms with van der Waals surface area (Å²) in [6.07, 6.45) is 11.0. The molecule has 5 rings (SSSR count). The molecule has 1 N–H and O–H groups in total. The molecule has 130 valence electrons. The predicted octanol–water partition coefficient (Wildman–Crippen LogP) is 2.77. The van der Waals surface area contributed by atoms with Crippen LogP contribution in [0.1, 0.15) is 66.2 Å². The zero-order valence-corrected chi connectivity index (χ0v) is 15.6. The van der Waals surface area contributed by atoms with Gasteiger partial charge in [0.1, 0.15) is 11.1 Å². The van der Waals surface area contributed by atoms with Crippen LogP contribution in [-0.2, 0) is 0 Å². The highest BCUT2D eigenvalue weighted by Gasteiger charge is 2.54. The molecule has 1 unspecified atom stereocenters. The van der Waals surface area contributed by atoms with E-state index in [1.165, 1.54) is 44.1 Å². The smallest absolute Gasteiger partial charge is 0.115 e. The van der Waals surface area contributed by atoms with Crippen molar-refractivity contribution in [3.05, 3.63) is 16.9 Å². The maximum Gasteiger partial charge on any atom is 0.115 e. The normalized spacial score (nSPS) is 46.5. The minimum Gasteiger partial charge on any atom is -0.633 e. The van der Waals surface area contributed by atoms with Gasteiger partial charge in [0.15, 0.2) is 0 Å². The Labute approximate surface area is 141 Å². The molecule has 0 aromatic carbocycles. The van der Waals surface area contributed by atoms with Gasteiger partial charge < -0.3 is 10.3 Å². The molecule has 0 spiro atoms. The summed E-state index contributed by atoms with van der Waals surface area (Å²) in [5, 5.41) is 13.1. The maximum atomic E-state index is 12.7. The van der Waals surface area contributed by atoms with Crippen LogP contribution in [0.15, 0.2) is 11.6 Å². The SMILES string of the molecule is CN(CC1=CC(C)(C)[NH+]([O-])C1(C)C)C12CC3CC(CC(C3)C1)C2. The van der Waals surface area contributed by atoms with E-state index in [0.717, 1.165) is 24.3 Å². The molecule has 0 aromatic rings. The molecule has 4 fully saturated rings. The first-order chi connectivity index (χ1) is 10.6. The zero-order chi connectivity index (χ0) is 16.6. The second-order valence-electron chi connectivity index (χ2n) is 10.3. The third-order valence-electron chi connectivity index (χ3n) is 7.71. The van der Waals surface area contributed by atoms with Crippen LogP contribution in [0, 0.1) is 23.0 Å². The molecule has 3 nitrogen and oxygen atoms in total. The number of quaternary nitrogens is 1. The minimum absolute atomic E-state index is 0.291. The minimum atomic E-state index is -0.292. The van der Waals surface area contributed by atoms with Gasteiger partial charge in [0.05, 0.1) is 0 Å². The summed E-state index contributed by atoms with van der Waals surface area (Å²) in [6.45, 7) is 9.39. The summed E-state index contributed by atoms with van der Waals surface area (Å²) in [5.41, 5.74) is 1.20. The van der Waals surface area contributed by atoms with E-state index in [1.807, 2.05) is 0 Å². The van der Waals surface area contributed by atoms with Crippen molar-refractivity contribution in [3.63, 3.8) is 0 Å². The summed E-state index contributed by atoms with van der Waals surface area (Å²) in [5.74, 6) is 2.94. The van der Waals surface area contributed by atoms with E-state index in [4.69, 9.17) is 0 Å². The van der Waals surface area contributed by atoms with Gasteiger partial charge >= 0.3 is 0 Å². The molecule has 0 saturated heterocycles. The fourth-order valence-electron chi connectivity index (χ4n) is 6.83. The van der Waals surface area contributed by atoms with Crippen LogP contribution in [0.4, 0.5) is 0 Å². The van der Waals surface area contributed by atoms with Gasteiger partial charge in [-0.15, -0.1) is 0 Å². The van der Waals surface area contributed by atoms with Crippen LogP contribution in [0.2, 0.25) is 0 Å². The molecule has 1 atom stereocenters. The molecular formula is C20H34N2O. The van der Waals surface area contributed by atoms with Gasteiger partial charge in [-0.3, -0.25) is 4.90 Å². The second kappa shape index (κ2) is 4.83. The van der Waals surface area contributed by atoms with Gasteiger partial charge in [-0.05, 0) is 97.1 Å². The summed E-state index contributed by atoms with van der Waals surface area (Å²) < 4.78 is 0. The lowest BCUT2D eigenvalue weighted by Crippen LogP contribution is -3.20. The van der Waals surface area contributed by atoms with Crippen LogP contribution in [-0.4, -0.2) is 35.1 Å². The second-order valence-corrected chi connectivity index (χ2v) is 10.3. The number of rotatable bonds is 3. The van der Waals surface area contributed by atoms with E-state index in [-0.39, 0.29) is 11.1 Å². The fraction of sp³-hybridized carbons (Fsp3) is 0.900. The van der Waals surface area contributed by atoms with E-state index < -0.39 is 0 Å². The van der Waals surface area contributed by atoms with E-state index in [2.05, 4.69) is 45.7 Å². The van der Waals surface area contributed by atoms with Crippen molar-refractivity contribution in [2.24, 2.45) is 17.8 Å². The van der Waals surface area contributed by atoms with Gasteiger partial charge in [0.25, 0.3) is 0 Å². The van der Waals surface area contributed by atoms with Gasteiger partial charge in [0.2, 0.25) is 0 Å².